The van der Waals surface area contributed by atoms with Crippen LogP contribution in [0.3, 0.4) is 0 Å². The molecule has 26 heavy (non-hydrogen) atoms. The molecule has 1 aromatic carbocycles. The normalized spacial score (nSPS) is 22.0. The molecular weight excluding hydrogens is 355 g/mol. The minimum Gasteiger partial charge on any atom is -0.492 e. The lowest BCUT2D eigenvalue weighted by molar-refractivity contribution is -0.931. The maximum atomic E-state index is 13.4. The van der Waals surface area contributed by atoms with Crippen LogP contribution in [0.5, 0.6) is 5.88 Å². The smallest absolute Gasteiger partial charge is 0.235 e. The molecule has 3 aromatic rings. The molecule has 1 fully saturated rings. The number of nitrogens with zero attached hydrogens (tertiary/aromatic N) is 3. The number of nitrogens with one attached hydrogen (secondary N) is 1. The number of hydrogen-bond donors (Lipinski definition) is 3. The molecule has 0 radical (unpaired) electrons. The maximum absolute atomic E-state index is 13.4. The number of rotatable bonds is 4. The molecule has 0 bridgehead atoms. The average molecular weight is 377 g/mol. The number of quaternary nitrogens is 1. The molecule has 3 N–H and O–H groups in total. The van der Waals surface area contributed by atoms with E-state index in [1.165, 1.54) is 32.9 Å². The second-order valence-corrected chi connectivity index (χ2v) is 7.75. The standard InChI is InChI=1S/C18H21FN4O2S/c1-2-14-20-18-23(21-14)17(25)16(26-18)15(11-3-5-12(19)6-4-11)22-9-7-13(24)8-10-22/h3-6,13,15,24-25H,2,7-10H2,1H3/p+1/t15-/m0/s1. The van der Waals surface area contributed by atoms with Gasteiger partial charge in [0.2, 0.25) is 10.8 Å². The van der Waals surface area contributed by atoms with Gasteiger partial charge in [-0.05, 0) is 24.3 Å². The molecule has 0 aliphatic carbocycles. The number of hydrogen-bond acceptors (Lipinski definition) is 5. The summed E-state index contributed by atoms with van der Waals surface area (Å²) in [5, 5.41) is 25.0. The highest BCUT2D eigenvalue weighted by Gasteiger charge is 2.35. The number of benzene rings is 1. The van der Waals surface area contributed by atoms with E-state index in [0.717, 1.165) is 23.5 Å². The highest BCUT2D eigenvalue weighted by atomic mass is 32.1. The highest BCUT2D eigenvalue weighted by Crippen LogP contribution is 2.35. The van der Waals surface area contributed by atoms with Gasteiger partial charge in [0.15, 0.2) is 11.9 Å². The van der Waals surface area contributed by atoms with E-state index in [-0.39, 0.29) is 23.8 Å². The summed E-state index contributed by atoms with van der Waals surface area (Å²) >= 11 is 1.42. The number of halogens is 1. The van der Waals surface area contributed by atoms with Crippen molar-refractivity contribution in [2.45, 2.75) is 38.3 Å². The molecule has 1 aliphatic rings. The van der Waals surface area contributed by atoms with Gasteiger partial charge < -0.3 is 15.1 Å². The van der Waals surface area contributed by atoms with E-state index in [2.05, 4.69) is 10.1 Å². The fourth-order valence-electron chi connectivity index (χ4n) is 3.62. The van der Waals surface area contributed by atoms with Crippen molar-refractivity contribution in [3.05, 3.63) is 46.3 Å². The first-order valence-corrected chi connectivity index (χ1v) is 9.74. The van der Waals surface area contributed by atoms with Gasteiger partial charge in [-0.1, -0.05) is 18.3 Å². The van der Waals surface area contributed by atoms with Crippen LogP contribution in [0.2, 0.25) is 0 Å². The lowest BCUT2D eigenvalue weighted by Crippen LogP contribution is -3.13. The minimum atomic E-state index is -0.281. The Morgan fingerprint density at radius 2 is 2.00 bits per heavy atom. The Hall–Kier alpha value is -2.03. The molecule has 0 unspecified atom stereocenters. The van der Waals surface area contributed by atoms with Crippen LogP contribution in [0.1, 0.15) is 42.1 Å². The summed E-state index contributed by atoms with van der Waals surface area (Å²) in [4.78, 5) is 7.15. The number of piperidine rings is 1. The summed E-state index contributed by atoms with van der Waals surface area (Å²) in [6.07, 6.45) is 1.87. The van der Waals surface area contributed by atoms with Crippen molar-refractivity contribution in [1.82, 2.24) is 14.6 Å². The number of aromatic nitrogens is 3. The molecule has 1 aliphatic heterocycles. The Kier molecular flexibility index (Phi) is 4.64. The number of aliphatic hydroxyl groups is 1. The van der Waals surface area contributed by atoms with Crippen LogP contribution in [0, 0.1) is 5.82 Å². The van der Waals surface area contributed by atoms with Crippen molar-refractivity contribution in [1.29, 1.82) is 0 Å². The average Bonchev–Trinajstić information content (AvgIpc) is 3.18. The Labute approximate surface area is 154 Å². The number of aliphatic hydroxyl groups excluding tert-OH is 1. The van der Waals surface area contributed by atoms with Crippen LogP contribution in [0.15, 0.2) is 24.3 Å². The SMILES string of the molecule is CCc1nc2sc([C@H](c3ccc(F)cc3)[NH+]3CCC(O)CC3)c(O)n2n1. The summed E-state index contributed by atoms with van der Waals surface area (Å²) in [5.41, 5.74) is 0.938. The molecule has 0 saturated carbocycles. The Balaban J connectivity index is 1.78. The maximum Gasteiger partial charge on any atom is 0.235 e. The van der Waals surface area contributed by atoms with Crippen molar-refractivity contribution in [2.24, 2.45) is 0 Å². The third-order valence-electron chi connectivity index (χ3n) is 5.03. The molecule has 2 aromatic heterocycles. The van der Waals surface area contributed by atoms with Crippen molar-refractivity contribution in [3.63, 3.8) is 0 Å². The zero-order valence-electron chi connectivity index (χ0n) is 14.5. The van der Waals surface area contributed by atoms with Gasteiger partial charge in [-0.25, -0.2) is 9.37 Å². The van der Waals surface area contributed by atoms with Crippen LogP contribution in [0.4, 0.5) is 4.39 Å². The first kappa shape index (κ1) is 17.4. The number of fused-ring (bicyclic) bond motifs is 1. The lowest BCUT2D eigenvalue weighted by Gasteiger charge is -2.33. The highest BCUT2D eigenvalue weighted by molar-refractivity contribution is 7.17. The van der Waals surface area contributed by atoms with Crippen LogP contribution in [0.25, 0.3) is 4.96 Å². The number of likely N-dealkylation sites (tertiary alicyclic amines) is 1. The predicted octanol–water partition coefficient (Wildman–Crippen LogP) is 1.33. The van der Waals surface area contributed by atoms with E-state index in [1.807, 2.05) is 6.92 Å². The molecule has 0 amide bonds. The second-order valence-electron chi connectivity index (χ2n) is 6.74. The zero-order valence-corrected chi connectivity index (χ0v) is 15.3. The molecule has 0 spiro atoms. The van der Waals surface area contributed by atoms with E-state index in [4.69, 9.17) is 0 Å². The quantitative estimate of drug-likeness (QED) is 0.641. The van der Waals surface area contributed by atoms with Crippen molar-refractivity contribution < 1.29 is 19.5 Å². The van der Waals surface area contributed by atoms with Gasteiger partial charge in [0.25, 0.3) is 0 Å². The number of aromatic hydroxyl groups is 1. The molecule has 4 rings (SSSR count). The first-order valence-electron chi connectivity index (χ1n) is 8.92. The fourth-order valence-corrected chi connectivity index (χ4v) is 4.78. The van der Waals surface area contributed by atoms with Crippen molar-refractivity contribution in [2.75, 3.05) is 13.1 Å². The largest absolute Gasteiger partial charge is 0.492 e. The minimum absolute atomic E-state index is 0.102. The van der Waals surface area contributed by atoms with E-state index in [0.29, 0.717) is 30.0 Å². The predicted molar refractivity (Wildman–Crippen MR) is 96.1 cm³/mol. The first-order chi connectivity index (χ1) is 12.6. The molecular formula is C18H22FN4O2S+. The summed E-state index contributed by atoms with van der Waals surface area (Å²) in [6.45, 7) is 3.55. The van der Waals surface area contributed by atoms with Gasteiger partial charge in [-0.3, -0.25) is 0 Å². The van der Waals surface area contributed by atoms with Gasteiger partial charge in [0.05, 0.1) is 19.2 Å². The van der Waals surface area contributed by atoms with Crippen molar-refractivity contribution >= 4 is 16.3 Å². The second kappa shape index (κ2) is 6.94. The van der Waals surface area contributed by atoms with Crippen molar-refractivity contribution in [3.8, 4) is 5.88 Å². The third kappa shape index (κ3) is 3.08. The van der Waals surface area contributed by atoms with Gasteiger partial charge in [0, 0.05) is 24.8 Å². The Morgan fingerprint density at radius 3 is 2.62 bits per heavy atom. The van der Waals surface area contributed by atoms with E-state index < -0.39 is 0 Å². The number of aryl methyl sites for hydroxylation is 1. The zero-order chi connectivity index (χ0) is 18.3. The molecule has 1 atom stereocenters. The van der Waals surface area contributed by atoms with Gasteiger partial charge in [-0.15, -0.1) is 5.10 Å². The van der Waals surface area contributed by atoms with E-state index >= 15 is 0 Å². The summed E-state index contributed by atoms with van der Waals surface area (Å²) in [5.74, 6) is 0.519. The summed E-state index contributed by atoms with van der Waals surface area (Å²) < 4.78 is 14.9. The van der Waals surface area contributed by atoms with Crippen LogP contribution < -0.4 is 4.90 Å². The molecule has 8 heteroatoms. The third-order valence-corrected chi connectivity index (χ3v) is 6.12. The monoisotopic (exact) mass is 377 g/mol. The topological polar surface area (TPSA) is 75.1 Å². The lowest BCUT2D eigenvalue weighted by atomic mass is 9.99. The molecule has 6 nitrogen and oxygen atoms in total. The number of thiazole rings is 1. The Bertz CT molecular complexity index is 900. The van der Waals surface area contributed by atoms with E-state index in [1.54, 1.807) is 12.1 Å². The summed E-state index contributed by atoms with van der Waals surface area (Å²) in [6, 6.07) is 6.30. The fraction of sp³-hybridized carbons (Fsp3) is 0.444. The van der Waals surface area contributed by atoms with Gasteiger partial charge >= 0.3 is 0 Å². The molecule has 138 valence electrons. The van der Waals surface area contributed by atoms with Gasteiger partial charge in [0.1, 0.15) is 10.7 Å². The van der Waals surface area contributed by atoms with Crippen LogP contribution in [-0.4, -0.2) is 44.0 Å². The summed E-state index contributed by atoms with van der Waals surface area (Å²) in [7, 11) is 0. The van der Waals surface area contributed by atoms with E-state index in [9.17, 15) is 14.6 Å². The Morgan fingerprint density at radius 1 is 1.31 bits per heavy atom. The van der Waals surface area contributed by atoms with Crippen LogP contribution >= 0.6 is 11.3 Å². The van der Waals surface area contributed by atoms with Crippen LogP contribution in [-0.2, 0) is 6.42 Å². The molecule has 3 heterocycles. The van der Waals surface area contributed by atoms with Gasteiger partial charge in [-0.2, -0.15) is 4.52 Å². The molecule has 1 saturated heterocycles.